The Labute approximate surface area is 158 Å². The molecule has 0 unspecified atom stereocenters. The number of nitro groups is 1. The Kier molecular flexibility index (Phi) is 3.16. The largest absolute Gasteiger partial charge is 0.358 e. The molecule has 28 heavy (non-hydrogen) atoms. The van der Waals surface area contributed by atoms with Crippen LogP contribution >= 0.6 is 0 Å². The molecule has 2 aromatic carbocycles. The van der Waals surface area contributed by atoms with Crippen molar-refractivity contribution in [1.82, 2.24) is 10.6 Å². The highest BCUT2D eigenvalue weighted by molar-refractivity contribution is 6.20. The molecule has 0 aromatic heterocycles. The molecular formula is C19H14N4O5. The minimum absolute atomic E-state index is 0.0372. The summed E-state index contributed by atoms with van der Waals surface area (Å²) in [5.41, 5.74) is 1.37. The van der Waals surface area contributed by atoms with E-state index >= 15 is 0 Å². The topological polar surface area (TPSA) is 122 Å². The molecule has 3 aliphatic heterocycles. The van der Waals surface area contributed by atoms with Crippen LogP contribution < -0.4 is 15.5 Å². The van der Waals surface area contributed by atoms with Crippen LogP contribution in [-0.4, -0.2) is 22.8 Å². The number of benzene rings is 2. The van der Waals surface area contributed by atoms with Gasteiger partial charge in [0.1, 0.15) is 0 Å². The van der Waals surface area contributed by atoms with E-state index in [0.717, 1.165) is 16.8 Å². The molecule has 0 bridgehead atoms. The fourth-order valence-electron chi connectivity index (χ4n) is 4.62. The Morgan fingerprint density at radius 1 is 1.04 bits per heavy atom. The predicted molar refractivity (Wildman–Crippen MR) is 96.3 cm³/mol. The second-order valence-electron chi connectivity index (χ2n) is 7.18. The van der Waals surface area contributed by atoms with Crippen LogP contribution in [0, 0.1) is 15.5 Å². The highest BCUT2D eigenvalue weighted by atomic mass is 16.6. The quantitative estimate of drug-likeness (QED) is 0.441. The zero-order valence-corrected chi connectivity index (χ0v) is 14.5. The number of imide groups is 2. The van der Waals surface area contributed by atoms with Gasteiger partial charge >= 0.3 is 6.03 Å². The lowest BCUT2D eigenvalue weighted by Crippen LogP contribution is -2.67. The van der Waals surface area contributed by atoms with Crippen LogP contribution in [0.15, 0.2) is 42.5 Å². The fraction of sp³-hybridized carbons (Fsp3) is 0.211. The minimum atomic E-state index is -1.59. The lowest BCUT2D eigenvalue weighted by atomic mass is 9.67. The molecule has 3 heterocycles. The summed E-state index contributed by atoms with van der Waals surface area (Å²) in [6, 6.07) is 10.5. The number of nitrogens with one attached hydrogen (secondary N) is 2. The van der Waals surface area contributed by atoms with Crippen LogP contribution in [0.5, 0.6) is 0 Å². The lowest BCUT2D eigenvalue weighted by Gasteiger charge is -2.47. The average molecular weight is 378 g/mol. The maximum absolute atomic E-state index is 13.0. The smallest absolute Gasteiger partial charge is 0.328 e. The van der Waals surface area contributed by atoms with E-state index in [4.69, 9.17) is 0 Å². The third-order valence-electron chi connectivity index (χ3n) is 5.79. The van der Waals surface area contributed by atoms with Gasteiger partial charge in [-0.3, -0.25) is 30.3 Å². The van der Waals surface area contributed by atoms with Gasteiger partial charge in [0, 0.05) is 30.8 Å². The summed E-state index contributed by atoms with van der Waals surface area (Å²) >= 11 is 0. The summed E-state index contributed by atoms with van der Waals surface area (Å²) < 4.78 is 0. The summed E-state index contributed by atoms with van der Waals surface area (Å²) in [6.45, 7) is 0.460. The number of carbonyl (C=O) groups is 3. The number of rotatable bonds is 1. The maximum Gasteiger partial charge on any atom is 0.328 e. The predicted octanol–water partition coefficient (Wildman–Crippen LogP) is 1.56. The van der Waals surface area contributed by atoms with Crippen LogP contribution in [0.25, 0.3) is 0 Å². The number of hydrogen-bond acceptors (Lipinski definition) is 6. The van der Waals surface area contributed by atoms with Gasteiger partial charge in [-0.05, 0) is 22.8 Å². The number of hydrogen-bond donors (Lipinski definition) is 2. The van der Waals surface area contributed by atoms with Gasteiger partial charge in [0.2, 0.25) is 11.8 Å². The number of nitro benzene ring substituents is 1. The molecule has 4 amide bonds. The zero-order valence-electron chi connectivity index (χ0n) is 14.5. The molecule has 1 fully saturated rings. The van der Waals surface area contributed by atoms with E-state index in [9.17, 15) is 24.5 Å². The Bertz CT molecular complexity index is 1080. The van der Waals surface area contributed by atoms with E-state index in [1.165, 1.54) is 12.1 Å². The van der Waals surface area contributed by atoms with E-state index in [2.05, 4.69) is 10.6 Å². The molecule has 1 atom stereocenters. The molecule has 0 saturated carbocycles. The summed E-state index contributed by atoms with van der Waals surface area (Å²) in [4.78, 5) is 50.3. The molecule has 1 spiro atoms. The van der Waals surface area contributed by atoms with Crippen molar-refractivity contribution in [3.8, 4) is 0 Å². The molecule has 1 saturated heterocycles. The number of non-ortho nitro benzene ring substituents is 1. The van der Waals surface area contributed by atoms with E-state index in [0.29, 0.717) is 12.1 Å². The summed E-state index contributed by atoms with van der Waals surface area (Å²) in [5, 5.41) is 15.6. The second-order valence-corrected chi connectivity index (χ2v) is 7.18. The summed E-state index contributed by atoms with van der Waals surface area (Å²) in [5.74, 6) is -1.38. The Morgan fingerprint density at radius 2 is 1.75 bits per heavy atom. The molecule has 2 aromatic rings. The molecule has 0 aliphatic carbocycles. The van der Waals surface area contributed by atoms with Crippen molar-refractivity contribution in [3.05, 3.63) is 69.3 Å². The fourth-order valence-corrected chi connectivity index (χ4v) is 4.62. The minimum Gasteiger partial charge on any atom is -0.358 e. The Morgan fingerprint density at radius 3 is 2.46 bits per heavy atom. The van der Waals surface area contributed by atoms with Crippen LogP contribution in [0.4, 0.5) is 16.2 Å². The standard InChI is InChI=1S/C19H14N4O5/c24-16-19(17(25)21-18(26)20-16)8-11-7-12(23(27)28)5-6-14(11)22-9-10-3-1-2-4-13(10)15(19)22/h1-7,15H,8-9H2,(H2,20,21,24,25,26)/t15-/m0/s1. The van der Waals surface area contributed by atoms with E-state index in [1.54, 1.807) is 6.07 Å². The van der Waals surface area contributed by atoms with Gasteiger partial charge in [-0.1, -0.05) is 24.3 Å². The Balaban J connectivity index is 1.76. The van der Waals surface area contributed by atoms with Crippen molar-refractivity contribution >= 4 is 29.2 Å². The third kappa shape index (κ3) is 1.98. The van der Waals surface area contributed by atoms with Gasteiger partial charge in [-0.15, -0.1) is 0 Å². The van der Waals surface area contributed by atoms with Crippen molar-refractivity contribution < 1.29 is 19.3 Å². The van der Waals surface area contributed by atoms with Crippen LogP contribution in [0.2, 0.25) is 0 Å². The van der Waals surface area contributed by atoms with Gasteiger partial charge in [-0.2, -0.15) is 0 Å². The van der Waals surface area contributed by atoms with Crippen molar-refractivity contribution in [3.63, 3.8) is 0 Å². The number of urea groups is 1. The number of barbiturate groups is 1. The number of fused-ring (bicyclic) bond motifs is 6. The van der Waals surface area contributed by atoms with Crippen molar-refractivity contribution in [1.29, 1.82) is 0 Å². The number of amides is 4. The highest BCUT2D eigenvalue weighted by Crippen LogP contribution is 2.55. The van der Waals surface area contributed by atoms with Gasteiger partial charge in [0.05, 0.1) is 11.0 Å². The van der Waals surface area contributed by atoms with E-state index in [-0.39, 0.29) is 12.1 Å². The third-order valence-corrected chi connectivity index (χ3v) is 5.79. The van der Waals surface area contributed by atoms with Crippen LogP contribution in [0.1, 0.15) is 22.7 Å². The van der Waals surface area contributed by atoms with Crippen LogP contribution in [-0.2, 0) is 22.6 Å². The van der Waals surface area contributed by atoms with Gasteiger partial charge < -0.3 is 4.90 Å². The monoisotopic (exact) mass is 378 g/mol. The highest BCUT2D eigenvalue weighted by Gasteiger charge is 2.62. The molecule has 9 heteroatoms. The van der Waals surface area contributed by atoms with Gasteiger partial charge in [-0.25, -0.2) is 4.79 Å². The molecule has 3 aliphatic rings. The number of anilines is 1. The number of carbonyl (C=O) groups excluding carboxylic acids is 3. The zero-order chi connectivity index (χ0) is 19.6. The molecule has 5 rings (SSSR count). The Hall–Kier alpha value is -3.75. The molecule has 140 valence electrons. The molecule has 9 nitrogen and oxygen atoms in total. The first-order valence-corrected chi connectivity index (χ1v) is 8.70. The average Bonchev–Trinajstić information content (AvgIpc) is 3.05. The first kappa shape index (κ1) is 16.4. The van der Waals surface area contributed by atoms with Gasteiger partial charge in [0.15, 0.2) is 5.41 Å². The summed E-state index contributed by atoms with van der Waals surface area (Å²) in [6.07, 6.45) is -0.0372. The molecular weight excluding hydrogens is 364 g/mol. The van der Waals surface area contributed by atoms with E-state index < -0.39 is 34.2 Å². The SMILES string of the molecule is O=C1NC(=O)C2(Cc3cc([N+](=O)[O-])ccc3N3Cc4ccccc4[C@H]32)C(=O)N1. The first-order chi connectivity index (χ1) is 13.4. The maximum atomic E-state index is 13.0. The molecule has 0 radical (unpaired) electrons. The van der Waals surface area contributed by atoms with Crippen molar-refractivity contribution in [2.45, 2.75) is 19.0 Å². The lowest BCUT2D eigenvalue weighted by molar-refractivity contribution is -0.384. The second kappa shape index (κ2) is 5.38. The number of nitrogens with zero attached hydrogens (tertiary/aromatic N) is 2. The van der Waals surface area contributed by atoms with E-state index in [1.807, 2.05) is 29.2 Å². The normalized spacial score (nSPS) is 21.5. The molecule has 2 N–H and O–H groups in total. The summed E-state index contributed by atoms with van der Waals surface area (Å²) in [7, 11) is 0. The van der Waals surface area contributed by atoms with Crippen molar-refractivity contribution in [2.75, 3.05) is 4.90 Å². The first-order valence-electron chi connectivity index (χ1n) is 8.70. The van der Waals surface area contributed by atoms with Crippen molar-refractivity contribution in [2.24, 2.45) is 5.41 Å². The van der Waals surface area contributed by atoms with Crippen LogP contribution in [0.3, 0.4) is 0 Å². The van der Waals surface area contributed by atoms with Gasteiger partial charge in [0.25, 0.3) is 5.69 Å².